The Balaban J connectivity index is 1.65. The number of amides is 2. The number of nitro groups is 1. The van der Waals surface area contributed by atoms with Crippen molar-refractivity contribution in [3.63, 3.8) is 0 Å². The van der Waals surface area contributed by atoms with Crippen LogP contribution in [-0.4, -0.2) is 49.7 Å². The van der Waals surface area contributed by atoms with Crippen LogP contribution in [0.5, 0.6) is 0 Å². The predicted molar refractivity (Wildman–Crippen MR) is 113 cm³/mol. The Kier molecular flexibility index (Phi) is 6.95. The van der Waals surface area contributed by atoms with Gasteiger partial charge in [-0.2, -0.15) is 0 Å². The minimum atomic E-state index is -0.692. The van der Waals surface area contributed by atoms with Gasteiger partial charge in [-0.1, -0.05) is 25.1 Å². The number of aromatic nitrogens is 3. The molecule has 0 aliphatic rings. The number of nitrogens with zero attached hydrogens (tertiary/aromatic N) is 5. The maximum absolute atomic E-state index is 12.5. The van der Waals surface area contributed by atoms with Gasteiger partial charge >= 0.3 is 5.91 Å². The summed E-state index contributed by atoms with van der Waals surface area (Å²) in [7, 11) is 0. The molecule has 1 aromatic carbocycles. The summed E-state index contributed by atoms with van der Waals surface area (Å²) in [5, 5.41) is 18.7. The lowest BCUT2D eigenvalue weighted by Gasteiger charge is -2.15. The highest BCUT2D eigenvalue weighted by Gasteiger charge is 2.20. The highest BCUT2D eigenvalue weighted by Crippen LogP contribution is 2.18. The molecule has 0 aliphatic carbocycles. The van der Waals surface area contributed by atoms with Gasteiger partial charge in [-0.25, -0.2) is 4.68 Å². The molecule has 2 N–H and O–H groups in total. The van der Waals surface area contributed by atoms with E-state index in [0.717, 1.165) is 13.1 Å². The van der Waals surface area contributed by atoms with Gasteiger partial charge in [-0.15, -0.1) is 5.10 Å². The van der Waals surface area contributed by atoms with Gasteiger partial charge in [0, 0.05) is 12.1 Å². The number of benzene rings is 1. The van der Waals surface area contributed by atoms with Gasteiger partial charge in [0.05, 0.1) is 22.8 Å². The van der Waals surface area contributed by atoms with Crippen LogP contribution < -0.4 is 10.9 Å². The van der Waals surface area contributed by atoms with Crippen LogP contribution in [0.4, 0.5) is 5.69 Å². The second kappa shape index (κ2) is 9.83. The number of non-ortho nitro benzene ring substituents is 1. The van der Waals surface area contributed by atoms with Crippen LogP contribution in [0.15, 0.2) is 40.8 Å². The van der Waals surface area contributed by atoms with Crippen LogP contribution in [0, 0.1) is 17.0 Å². The molecule has 2 amide bonds. The van der Waals surface area contributed by atoms with Crippen LogP contribution in [0.1, 0.15) is 46.3 Å². The lowest BCUT2D eigenvalue weighted by Crippen LogP contribution is -2.42. The van der Waals surface area contributed by atoms with Gasteiger partial charge in [0.25, 0.3) is 11.6 Å². The van der Waals surface area contributed by atoms with E-state index in [2.05, 4.69) is 26.1 Å². The molecule has 12 heteroatoms. The van der Waals surface area contributed by atoms with E-state index in [1.54, 1.807) is 19.1 Å². The van der Waals surface area contributed by atoms with E-state index in [1.165, 1.54) is 28.9 Å². The topological polar surface area (TPSA) is 148 Å². The standard InChI is InChI=1S/C20H23N7O5/c1-4-25(5-2)12-16-9-10-17(32-16)19(28)22-23-20(29)18-13(3)26(24-21-18)14-7-6-8-15(11-14)27(30)31/h6-11H,4-5,12H2,1-3H3,(H,22,28)(H,23,29). The van der Waals surface area contributed by atoms with Crippen molar-refractivity contribution in [2.24, 2.45) is 0 Å². The zero-order chi connectivity index (χ0) is 23.3. The number of rotatable bonds is 8. The van der Waals surface area contributed by atoms with Crippen molar-refractivity contribution in [3.05, 3.63) is 69.4 Å². The zero-order valence-electron chi connectivity index (χ0n) is 17.9. The summed E-state index contributed by atoms with van der Waals surface area (Å²) in [5.41, 5.74) is 5.12. The summed E-state index contributed by atoms with van der Waals surface area (Å²) >= 11 is 0. The van der Waals surface area contributed by atoms with E-state index < -0.39 is 16.7 Å². The Morgan fingerprint density at radius 2 is 1.88 bits per heavy atom. The molecule has 0 fully saturated rings. The monoisotopic (exact) mass is 441 g/mol. The molecule has 0 aliphatic heterocycles. The molecule has 0 bridgehead atoms. The Hall–Kier alpha value is -4.06. The van der Waals surface area contributed by atoms with Crippen molar-refractivity contribution in [1.82, 2.24) is 30.7 Å². The van der Waals surface area contributed by atoms with Crippen LogP contribution >= 0.6 is 0 Å². The van der Waals surface area contributed by atoms with Crippen LogP contribution in [0.25, 0.3) is 5.69 Å². The SMILES string of the molecule is CCN(CC)Cc1ccc(C(=O)NNC(=O)c2nnn(-c3cccc([N+](=O)[O-])c3)c2C)o1. The van der Waals surface area contributed by atoms with Crippen molar-refractivity contribution < 1.29 is 18.9 Å². The van der Waals surface area contributed by atoms with Gasteiger partial charge in [-0.05, 0) is 38.2 Å². The molecule has 0 radical (unpaired) electrons. The second-order valence-electron chi connectivity index (χ2n) is 6.85. The molecule has 0 saturated heterocycles. The minimum absolute atomic E-state index is 0.0431. The Morgan fingerprint density at radius 3 is 2.56 bits per heavy atom. The number of carbonyl (C=O) groups is 2. The number of hydrazine groups is 1. The first-order valence-electron chi connectivity index (χ1n) is 9.92. The summed E-state index contributed by atoms with van der Waals surface area (Å²) in [4.78, 5) is 37.3. The molecular formula is C20H23N7O5. The normalized spacial score (nSPS) is 10.9. The number of hydrogen-bond donors (Lipinski definition) is 2. The Bertz CT molecular complexity index is 1130. The highest BCUT2D eigenvalue weighted by atomic mass is 16.6. The maximum Gasteiger partial charge on any atom is 0.305 e. The van der Waals surface area contributed by atoms with Gasteiger partial charge in [-0.3, -0.25) is 35.5 Å². The van der Waals surface area contributed by atoms with Crippen molar-refractivity contribution in [3.8, 4) is 5.69 Å². The maximum atomic E-state index is 12.5. The molecule has 0 saturated carbocycles. The zero-order valence-corrected chi connectivity index (χ0v) is 17.9. The molecule has 3 rings (SSSR count). The number of furan rings is 1. The molecule has 0 atom stereocenters. The molecule has 3 aromatic rings. The molecule has 0 spiro atoms. The average Bonchev–Trinajstić information content (AvgIpc) is 3.42. The van der Waals surface area contributed by atoms with Gasteiger partial charge in [0.2, 0.25) is 0 Å². The predicted octanol–water partition coefficient (Wildman–Crippen LogP) is 1.99. The molecule has 0 unspecified atom stereocenters. The van der Waals surface area contributed by atoms with Crippen molar-refractivity contribution in [2.75, 3.05) is 13.1 Å². The third-order valence-electron chi connectivity index (χ3n) is 4.84. The quantitative estimate of drug-likeness (QED) is 0.398. The largest absolute Gasteiger partial charge is 0.454 e. The van der Waals surface area contributed by atoms with E-state index in [4.69, 9.17) is 4.42 Å². The fourth-order valence-electron chi connectivity index (χ4n) is 3.01. The average molecular weight is 441 g/mol. The summed E-state index contributed by atoms with van der Waals surface area (Å²) < 4.78 is 6.84. The first kappa shape index (κ1) is 22.6. The molecule has 2 aromatic heterocycles. The molecule has 2 heterocycles. The first-order valence-corrected chi connectivity index (χ1v) is 9.92. The number of nitro benzene ring substituents is 1. The lowest BCUT2D eigenvalue weighted by atomic mass is 10.2. The number of hydrogen-bond acceptors (Lipinski definition) is 8. The smallest absolute Gasteiger partial charge is 0.305 e. The highest BCUT2D eigenvalue weighted by molar-refractivity contribution is 5.97. The van der Waals surface area contributed by atoms with E-state index in [-0.39, 0.29) is 17.1 Å². The molecule has 32 heavy (non-hydrogen) atoms. The summed E-state index contributed by atoms with van der Waals surface area (Å²) in [6, 6.07) is 9.02. The van der Waals surface area contributed by atoms with Crippen LogP contribution in [0.2, 0.25) is 0 Å². The second-order valence-corrected chi connectivity index (χ2v) is 6.85. The Morgan fingerprint density at radius 1 is 1.16 bits per heavy atom. The van der Waals surface area contributed by atoms with Gasteiger partial charge in [0.1, 0.15) is 5.76 Å². The third-order valence-corrected chi connectivity index (χ3v) is 4.84. The summed E-state index contributed by atoms with van der Waals surface area (Å²) in [5.74, 6) is -0.610. The molecule has 168 valence electrons. The Labute approximate surface area is 183 Å². The van der Waals surface area contributed by atoms with E-state index in [9.17, 15) is 19.7 Å². The van der Waals surface area contributed by atoms with E-state index >= 15 is 0 Å². The summed E-state index contributed by atoms with van der Waals surface area (Å²) in [6.45, 7) is 7.93. The van der Waals surface area contributed by atoms with Gasteiger partial charge in [0.15, 0.2) is 11.5 Å². The molecular weight excluding hydrogens is 418 g/mol. The van der Waals surface area contributed by atoms with E-state index in [0.29, 0.717) is 23.7 Å². The fraction of sp³-hybridized carbons (Fsp3) is 0.300. The van der Waals surface area contributed by atoms with Crippen LogP contribution in [0.3, 0.4) is 0 Å². The van der Waals surface area contributed by atoms with Crippen molar-refractivity contribution >= 4 is 17.5 Å². The number of carbonyl (C=O) groups excluding carboxylic acids is 2. The van der Waals surface area contributed by atoms with E-state index in [1.807, 2.05) is 13.8 Å². The first-order chi connectivity index (χ1) is 15.3. The third kappa shape index (κ3) is 4.98. The lowest BCUT2D eigenvalue weighted by molar-refractivity contribution is -0.384. The minimum Gasteiger partial charge on any atom is -0.454 e. The summed E-state index contributed by atoms with van der Waals surface area (Å²) in [6.07, 6.45) is 0. The molecule has 12 nitrogen and oxygen atoms in total. The number of nitrogens with one attached hydrogen (secondary N) is 2. The van der Waals surface area contributed by atoms with Crippen molar-refractivity contribution in [2.45, 2.75) is 27.3 Å². The van der Waals surface area contributed by atoms with Crippen molar-refractivity contribution in [1.29, 1.82) is 0 Å². The van der Waals surface area contributed by atoms with Crippen LogP contribution in [-0.2, 0) is 6.54 Å². The fourth-order valence-corrected chi connectivity index (χ4v) is 3.01. The van der Waals surface area contributed by atoms with Gasteiger partial charge < -0.3 is 4.42 Å².